The molecule has 2 rings (SSSR count). The average Bonchev–Trinajstić information content (AvgIpc) is 2.41. The Morgan fingerprint density at radius 3 is 2.47 bits per heavy atom. The quantitative estimate of drug-likeness (QED) is 0.858. The molecular formula is C17H25FO. The highest BCUT2D eigenvalue weighted by molar-refractivity contribution is 5.18. The number of benzene rings is 1. The summed E-state index contributed by atoms with van der Waals surface area (Å²) in [7, 11) is 0. The second-order valence-electron chi connectivity index (χ2n) is 6.22. The van der Waals surface area contributed by atoms with Crippen LogP contribution >= 0.6 is 0 Å². The van der Waals surface area contributed by atoms with Crippen LogP contribution in [0, 0.1) is 17.7 Å². The smallest absolute Gasteiger partial charge is 0.123 e. The number of hydrogen-bond donors (Lipinski definition) is 1. The molecule has 1 fully saturated rings. The van der Waals surface area contributed by atoms with Crippen LogP contribution in [0.15, 0.2) is 24.3 Å². The molecule has 1 saturated carbocycles. The van der Waals surface area contributed by atoms with Gasteiger partial charge in [-0.15, -0.1) is 0 Å². The molecule has 3 atom stereocenters. The van der Waals surface area contributed by atoms with E-state index in [0.717, 1.165) is 18.4 Å². The van der Waals surface area contributed by atoms with Gasteiger partial charge in [-0.1, -0.05) is 44.7 Å². The van der Waals surface area contributed by atoms with E-state index in [2.05, 4.69) is 6.92 Å². The molecule has 0 bridgehead atoms. The predicted octanol–water partition coefficient (Wildman–Crippen LogP) is 4.34. The van der Waals surface area contributed by atoms with E-state index in [1.807, 2.05) is 6.92 Å². The van der Waals surface area contributed by atoms with Crippen LogP contribution in [0.5, 0.6) is 0 Å². The maximum atomic E-state index is 12.9. The van der Waals surface area contributed by atoms with E-state index in [1.54, 1.807) is 12.1 Å². The van der Waals surface area contributed by atoms with E-state index in [1.165, 1.54) is 31.4 Å². The molecule has 0 aliphatic heterocycles. The van der Waals surface area contributed by atoms with Crippen LogP contribution < -0.4 is 0 Å². The summed E-state index contributed by atoms with van der Waals surface area (Å²) >= 11 is 0. The monoisotopic (exact) mass is 264 g/mol. The van der Waals surface area contributed by atoms with Crippen LogP contribution in [0.3, 0.4) is 0 Å². The third kappa shape index (κ3) is 3.56. The van der Waals surface area contributed by atoms with Gasteiger partial charge in [0.2, 0.25) is 0 Å². The van der Waals surface area contributed by atoms with Crippen molar-refractivity contribution in [1.82, 2.24) is 0 Å². The lowest BCUT2D eigenvalue weighted by Crippen LogP contribution is -2.42. The molecule has 1 nitrogen and oxygen atoms in total. The van der Waals surface area contributed by atoms with Crippen molar-refractivity contribution < 1.29 is 9.50 Å². The molecule has 0 radical (unpaired) electrons. The lowest BCUT2D eigenvalue weighted by atomic mass is 9.68. The average molecular weight is 264 g/mol. The summed E-state index contributed by atoms with van der Waals surface area (Å²) in [6, 6.07) is 6.52. The van der Waals surface area contributed by atoms with Gasteiger partial charge in [0.15, 0.2) is 0 Å². The Labute approximate surface area is 115 Å². The first kappa shape index (κ1) is 14.5. The fourth-order valence-corrected chi connectivity index (χ4v) is 3.66. The van der Waals surface area contributed by atoms with Gasteiger partial charge in [-0.25, -0.2) is 4.39 Å². The largest absolute Gasteiger partial charge is 0.390 e. The van der Waals surface area contributed by atoms with Crippen molar-refractivity contribution in [2.24, 2.45) is 11.8 Å². The number of rotatable bonds is 4. The first-order valence-electron chi connectivity index (χ1n) is 7.49. The van der Waals surface area contributed by atoms with E-state index in [4.69, 9.17) is 0 Å². The zero-order valence-corrected chi connectivity index (χ0v) is 12.0. The molecule has 0 heterocycles. The lowest BCUT2D eigenvalue weighted by Gasteiger charge is -2.41. The van der Waals surface area contributed by atoms with Crippen molar-refractivity contribution in [3.63, 3.8) is 0 Å². The van der Waals surface area contributed by atoms with Crippen molar-refractivity contribution >= 4 is 0 Å². The maximum Gasteiger partial charge on any atom is 0.123 e. The Morgan fingerprint density at radius 1 is 1.21 bits per heavy atom. The fourth-order valence-electron chi connectivity index (χ4n) is 3.66. The van der Waals surface area contributed by atoms with E-state index in [-0.39, 0.29) is 5.82 Å². The van der Waals surface area contributed by atoms with Gasteiger partial charge in [0, 0.05) is 6.42 Å². The second-order valence-corrected chi connectivity index (χ2v) is 6.22. The number of hydrogen-bond acceptors (Lipinski definition) is 1. The van der Waals surface area contributed by atoms with E-state index in [9.17, 15) is 9.50 Å². The summed E-state index contributed by atoms with van der Waals surface area (Å²) < 4.78 is 12.9. The van der Waals surface area contributed by atoms with Crippen molar-refractivity contribution in [2.75, 3.05) is 0 Å². The summed E-state index contributed by atoms with van der Waals surface area (Å²) in [5.74, 6) is 0.785. The molecule has 1 aliphatic carbocycles. The predicted molar refractivity (Wildman–Crippen MR) is 76.5 cm³/mol. The van der Waals surface area contributed by atoms with E-state index in [0.29, 0.717) is 18.3 Å². The van der Waals surface area contributed by atoms with Crippen LogP contribution in [-0.2, 0) is 6.42 Å². The zero-order valence-electron chi connectivity index (χ0n) is 12.0. The summed E-state index contributed by atoms with van der Waals surface area (Å²) in [4.78, 5) is 0. The van der Waals surface area contributed by atoms with Crippen molar-refractivity contribution in [2.45, 2.75) is 58.0 Å². The van der Waals surface area contributed by atoms with Crippen LogP contribution in [0.4, 0.5) is 4.39 Å². The molecule has 106 valence electrons. The van der Waals surface area contributed by atoms with Gasteiger partial charge in [0.05, 0.1) is 5.60 Å². The molecule has 19 heavy (non-hydrogen) atoms. The van der Waals surface area contributed by atoms with E-state index < -0.39 is 5.60 Å². The lowest BCUT2D eigenvalue weighted by molar-refractivity contribution is -0.0430. The normalized spacial score (nSPS) is 26.9. The third-order valence-electron chi connectivity index (χ3n) is 4.71. The Morgan fingerprint density at radius 2 is 1.84 bits per heavy atom. The molecule has 1 aliphatic rings. The standard InChI is InChI=1S/C17H25FO/c1-3-14-6-4-5-7-16(14)17(2,19)12-13-8-10-15(18)11-9-13/h8-11,14,16,19H,3-7,12H2,1-2H3. The van der Waals surface area contributed by atoms with Crippen LogP contribution in [0.25, 0.3) is 0 Å². The van der Waals surface area contributed by atoms with E-state index >= 15 is 0 Å². The maximum absolute atomic E-state index is 12.9. The van der Waals surface area contributed by atoms with Gasteiger partial charge < -0.3 is 5.11 Å². The van der Waals surface area contributed by atoms with Gasteiger partial charge in [-0.2, -0.15) is 0 Å². The molecule has 0 amide bonds. The Kier molecular flexibility index (Phi) is 4.62. The van der Waals surface area contributed by atoms with Crippen molar-refractivity contribution in [3.8, 4) is 0 Å². The van der Waals surface area contributed by atoms with Crippen LogP contribution in [0.2, 0.25) is 0 Å². The summed E-state index contributed by atoms with van der Waals surface area (Å²) in [5, 5.41) is 10.9. The van der Waals surface area contributed by atoms with Crippen LogP contribution in [-0.4, -0.2) is 10.7 Å². The van der Waals surface area contributed by atoms with Crippen LogP contribution in [0.1, 0.15) is 51.5 Å². The topological polar surface area (TPSA) is 20.2 Å². The molecule has 1 aromatic carbocycles. The molecule has 1 N–H and O–H groups in total. The molecule has 0 saturated heterocycles. The van der Waals surface area contributed by atoms with Gasteiger partial charge in [-0.05, 0) is 42.9 Å². The van der Waals surface area contributed by atoms with Gasteiger partial charge in [0.25, 0.3) is 0 Å². The zero-order chi connectivity index (χ0) is 13.9. The van der Waals surface area contributed by atoms with Gasteiger partial charge in [0.1, 0.15) is 5.82 Å². The minimum absolute atomic E-state index is 0.215. The van der Waals surface area contributed by atoms with Gasteiger partial charge >= 0.3 is 0 Å². The molecule has 1 aromatic rings. The summed E-state index contributed by atoms with van der Waals surface area (Å²) in [6.07, 6.45) is 6.63. The minimum atomic E-state index is -0.682. The summed E-state index contributed by atoms with van der Waals surface area (Å²) in [5.41, 5.74) is 0.339. The highest BCUT2D eigenvalue weighted by atomic mass is 19.1. The molecule has 0 aromatic heterocycles. The molecular weight excluding hydrogens is 239 g/mol. The minimum Gasteiger partial charge on any atom is -0.390 e. The highest BCUT2D eigenvalue weighted by Gasteiger charge is 2.38. The summed E-state index contributed by atoms with van der Waals surface area (Å²) in [6.45, 7) is 4.17. The fraction of sp³-hybridized carbons (Fsp3) is 0.647. The van der Waals surface area contributed by atoms with Gasteiger partial charge in [-0.3, -0.25) is 0 Å². The molecule has 3 unspecified atom stereocenters. The third-order valence-corrected chi connectivity index (χ3v) is 4.71. The van der Waals surface area contributed by atoms with Crippen molar-refractivity contribution in [3.05, 3.63) is 35.6 Å². The Hall–Kier alpha value is -0.890. The number of aliphatic hydroxyl groups is 1. The Balaban J connectivity index is 2.09. The number of halogens is 1. The SMILES string of the molecule is CCC1CCCCC1C(C)(O)Cc1ccc(F)cc1. The first-order valence-corrected chi connectivity index (χ1v) is 7.49. The molecule has 0 spiro atoms. The first-order chi connectivity index (χ1) is 9.03. The second kappa shape index (κ2) is 6.04. The van der Waals surface area contributed by atoms with Crippen molar-refractivity contribution in [1.29, 1.82) is 0 Å². The molecule has 2 heteroatoms. The highest BCUT2D eigenvalue weighted by Crippen LogP contribution is 2.40. The Bertz CT molecular complexity index is 396.